The van der Waals surface area contributed by atoms with Gasteiger partial charge in [-0.15, -0.1) is 11.3 Å². The maximum absolute atomic E-state index is 12.8. The average Bonchev–Trinajstić information content (AvgIpc) is 3.58. The van der Waals surface area contributed by atoms with Crippen molar-refractivity contribution in [1.29, 1.82) is 0 Å². The minimum absolute atomic E-state index is 0.0715. The van der Waals surface area contributed by atoms with E-state index in [2.05, 4.69) is 10.4 Å². The molecule has 0 saturated carbocycles. The number of hydrogen-bond donors (Lipinski definition) is 1. The summed E-state index contributed by atoms with van der Waals surface area (Å²) in [5.41, 5.74) is 1.20. The number of ether oxygens (including phenoxy) is 1. The third kappa shape index (κ3) is 5.68. The summed E-state index contributed by atoms with van der Waals surface area (Å²) in [6, 6.07) is 13.4. The Morgan fingerprint density at radius 3 is 2.70 bits per heavy atom. The van der Waals surface area contributed by atoms with Gasteiger partial charge in [-0.05, 0) is 47.8 Å². The van der Waals surface area contributed by atoms with Gasteiger partial charge < -0.3 is 14.5 Å². The molecule has 0 aliphatic carbocycles. The second-order valence-corrected chi connectivity index (χ2v) is 8.56. The highest BCUT2D eigenvalue weighted by molar-refractivity contribution is 7.12. The van der Waals surface area contributed by atoms with Gasteiger partial charge in [-0.25, -0.2) is 5.01 Å². The second kappa shape index (κ2) is 10.5. The second-order valence-electron chi connectivity index (χ2n) is 7.17. The van der Waals surface area contributed by atoms with Gasteiger partial charge in [-0.3, -0.25) is 14.4 Å². The Labute approximate surface area is 198 Å². The van der Waals surface area contributed by atoms with E-state index in [1.165, 1.54) is 16.3 Å². The summed E-state index contributed by atoms with van der Waals surface area (Å²) in [7, 11) is 0. The van der Waals surface area contributed by atoms with Crippen LogP contribution in [0.4, 0.5) is 0 Å². The zero-order valence-electron chi connectivity index (χ0n) is 17.4. The van der Waals surface area contributed by atoms with Crippen molar-refractivity contribution in [2.45, 2.75) is 18.9 Å². The number of carbonyl (C=O) groups excluding carboxylic acids is 3. The standard InChI is InChI=1S/C23H20ClN3O5S/c24-16-7-5-15(6-8-16)23(30)25-10-9-22(29)32-14-21(28)27-18(19-3-1-11-31-19)13-17(26-27)20-4-2-12-33-20/h1-8,11-12,18H,9-10,13-14H2,(H,25,30). The lowest BCUT2D eigenvalue weighted by molar-refractivity contribution is -0.152. The monoisotopic (exact) mass is 485 g/mol. The summed E-state index contributed by atoms with van der Waals surface area (Å²) < 4.78 is 10.6. The van der Waals surface area contributed by atoms with Crippen LogP contribution in [0.15, 0.2) is 69.7 Å². The van der Waals surface area contributed by atoms with Gasteiger partial charge in [0.1, 0.15) is 11.8 Å². The summed E-state index contributed by atoms with van der Waals surface area (Å²) in [6.07, 6.45) is 1.97. The highest BCUT2D eigenvalue weighted by Crippen LogP contribution is 2.34. The predicted molar refractivity (Wildman–Crippen MR) is 123 cm³/mol. The lowest BCUT2D eigenvalue weighted by atomic mass is 10.1. The molecule has 1 aromatic carbocycles. The van der Waals surface area contributed by atoms with Gasteiger partial charge >= 0.3 is 5.97 Å². The first-order chi connectivity index (χ1) is 16.0. The first-order valence-corrected chi connectivity index (χ1v) is 11.4. The fourth-order valence-electron chi connectivity index (χ4n) is 3.30. The number of nitrogens with zero attached hydrogens (tertiary/aromatic N) is 2. The number of halogens is 1. The summed E-state index contributed by atoms with van der Waals surface area (Å²) in [6.45, 7) is -0.379. The number of amides is 2. The summed E-state index contributed by atoms with van der Waals surface area (Å²) in [5, 5.41) is 10.9. The van der Waals surface area contributed by atoms with Crippen molar-refractivity contribution in [2.24, 2.45) is 5.10 Å². The molecule has 0 spiro atoms. The van der Waals surface area contributed by atoms with Crippen molar-refractivity contribution in [3.8, 4) is 0 Å². The van der Waals surface area contributed by atoms with E-state index in [1.807, 2.05) is 17.5 Å². The van der Waals surface area contributed by atoms with Gasteiger partial charge in [0.25, 0.3) is 11.8 Å². The molecule has 1 atom stereocenters. The van der Waals surface area contributed by atoms with Crippen molar-refractivity contribution < 1.29 is 23.5 Å². The number of thiophene rings is 1. The Kier molecular flexibility index (Phi) is 7.21. The minimum atomic E-state index is -0.601. The number of esters is 1. The molecule has 2 aromatic heterocycles. The zero-order valence-corrected chi connectivity index (χ0v) is 19.0. The van der Waals surface area contributed by atoms with Crippen LogP contribution in [0.5, 0.6) is 0 Å². The number of rotatable bonds is 8. The minimum Gasteiger partial charge on any atom is -0.467 e. The van der Waals surface area contributed by atoms with Crippen LogP contribution in [0.1, 0.15) is 39.9 Å². The van der Waals surface area contributed by atoms with Crippen LogP contribution in [0.25, 0.3) is 0 Å². The van der Waals surface area contributed by atoms with E-state index in [-0.39, 0.29) is 18.9 Å². The maximum atomic E-state index is 12.8. The molecular weight excluding hydrogens is 466 g/mol. The highest BCUT2D eigenvalue weighted by atomic mass is 35.5. The largest absolute Gasteiger partial charge is 0.467 e. The number of hydrogen-bond acceptors (Lipinski definition) is 7. The van der Waals surface area contributed by atoms with Gasteiger partial charge in [0.2, 0.25) is 0 Å². The number of carbonyl (C=O) groups is 3. The summed E-state index contributed by atoms with van der Waals surface area (Å²) in [5.74, 6) is -0.781. The van der Waals surface area contributed by atoms with Crippen LogP contribution in [0.3, 0.4) is 0 Å². The van der Waals surface area contributed by atoms with Crippen LogP contribution in [0.2, 0.25) is 5.02 Å². The molecule has 33 heavy (non-hydrogen) atoms. The number of nitrogens with one attached hydrogen (secondary N) is 1. The number of hydrazone groups is 1. The van der Waals surface area contributed by atoms with E-state index in [0.29, 0.717) is 22.8 Å². The molecule has 170 valence electrons. The molecule has 1 N–H and O–H groups in total. The zero-order chi connectivity index (χ0) is 23.2. The summed E-state index contributed by atoms with van der Waals surface area (Å²) in [4.78, 5) is 37.9. The quantitative estimate of drug-likeness (QED) is 0.485. The smallest absolute Gasteiger partial charge is 0.308 e. The Bertz CT molecular complexity index is 1140. The molecule has 2 amide bonds. The Balaban J connectivity index is 1.29. The molecule has 0 saturated heterocycles. The normalized spacial score (nSPS) is 15.2. The maximum Gasteiger partial charge on any atom is 0.308 e. The molecule has 0 bridgehead atoms. The van der Waals surface area contributed by atoms with Gasteiger partial charge in [0.05, 0.1) is 23.3 Å². The van der Waals surface area contributed by atoms with Crippen LogP contribution in [-0.2, 0) is 14.3 Å². The number of furan rings is 1. The van der Waals surface area contributed by atoms with E-state index in [0.717, 1.165) is 10.6 Å². The van der Waals surface area contributed by atoms with E-state index in [9.17, 15) is 14.4 Å². The number of benzene rings is 1. The highest BCUT2D eigenvalue weighted by Gasteiger charge is 2.35. The van der Waals surface area contributed by atoms with Crippen molar-refractivity contribution in [3.63, 3.8) is 0 Å². The molecule has 1 unspecified atom stereocenters. The van der Waals surface area contributed by atoms with Crippen LogP contribution < -0.4 is 5.32 Å². The lowest BCUT2D eigenvalue weighted by Gasteiger charge is -2.19. The molecular formula is C23H20ClN3O5S. The fourth-order valence-corrected chi connectivity index (χ4v) is 4.14. The lowest BCUT2D eigenvalue weighted by Crippen LogP contribution is -2.32. The molecule has 3 heterocycles. The Hall–Kier alpha value is -3.43. The van der Waals surface area contributed by atoms with Crippen LogP contribution in [0, 0.1) is 0 Å². The van der Waals surface area contributed by atoms with E-state index < -0.39 is 24.5 Å². The first-order valence-electron chi connectivity index (χ1n) is 10.2. The molecule has 10 heteroatoms. The SMILES string of the molecule is O=C(CCNC(=O)c1ccc(Cl)cc1)OCC(=O)N1N=C(c2cccs2)CC1c1ccco1. The van der Waals surface area contributed by atoms with E-state index in [1.54, 1.807) is 42.7 Å². The van der Waals surface area contributed by atoms with Crippen LogP contribution >= 0.6 is 22.9 Å². The van der Waals surface area contributed by atoms with Crippen LogP contribution in [-0.4, -0.2) is 41.7 Å². The molecule has 3 aromatic rings. The Morgan fingerprint density at radius 1 is 1.18 bits per heavy atom. The van der Waals surface area contributed by atoms with Crippen molar-refractivity contribution in [2.75, 3.05) is 13.2 Å². The van der Waals surface area contributed by atoms with Gasteiger partial charge in [-0.1, -0.05) is 17.7 Å². The molecule has 1 aliphatic rings. The van der Waals surface area contributed by atoms with Crippen molar-refractivity contribution in [3.05, 3.63) is 81.4 Å². The first kappa shape index (κ1) is 22.8. The molecule has 1 aliphatic heterocycles. The van der Waals surface area contributed by atoms with Crippen molar-refractivity contribution in [1.82, 2.24) is 10.3 Å². The van der Waals surface area contributed by atoms with Gasteiger partial charge in [0, 0.05) is 23.6 Å². The van der Waals surface area contributed by atoms with Crippen molar-refractivity contribution >= 4 is 46.4 Å². The summed E-state index contributed by atoms with van der Waals surface area (Å²) >= 11 is 7.34. The topological polar surface area (TPSA) is 101 Å². The predicted octanol–water partition coefficient (Wildman–Crippen LogP) is 4.04. The third-order valence-corrected chi connectivity index (χ3v) is 6.09. The molecule has 8 nitrogen and oxygen atoms in total. The van der Waals surface area contributed by atoms with E-state index in [4.69, 9.17) is 20.8 Å². The molecule has 4 rings (SSSR count). The molecule has 0 fully saturated rings. The average molecular weight is 486 g/mol. The van der Waals surface area contributed by atoms with Gasteiger partial charge in [0.15, 0.2) is 6.61 Å². The fraction of sp³-hybridized carbons (Fsp3) is 0.217. The van der Waals surface area contributed by atoms with Gasteiger partial charge in [-0.2, -0.15) is 5.10 Å². The van der Waals surface area contributed by atoms with E-state index >= 15 is 0 Å². The molecule has 0 radical (unpaired) electrons. The Morgan fingerprint density at radius 2 is 2.00 bits per heavy atom. The third-order valence-electron chi connectivity index (χ3n) is 4.92.